The summed E-state index contributed by atoms with van der Waals surface area (Å²) in [4.78, 5) is 10.7. The first kappa shape index (κ1) is 13.1. The molecule has 0 rings (SSSR count). The predicted molar refractivity (Wildman–Crippen MR) is 42.7 cm³/mol. The van der Waals surface area contributed by atoms with Crippen molar-refractivity contribution in [3.8, 4) is 0 Å². The molecule has 7 nitrogen and oxygen atoms in total. The third-order valence-corrected chi connectivity index (χ3v) is 1.68. The van der Waals surface area contributed by atoms with E-state index in [1.807, 2.05) is 0 Å². The molecule has 7 heteroatoms. The fourth-order valence-electron chi connectivity index (χ4n) is 0.415. The SMILES string of the molecule is CC(O)(O)C(C)(C)OC(=O)OC(O)O. The van der Waals surface area contributed by atoms with Crippen molar-refractivity contribution >= 4 is 6.16 Å². The minimum atomic E-state index is -2.30. The lowest BCUT2D eigenvalue weighted by Gasteiger charge is -2.34. The van der Waals surface area contributed by atoms with Crippen LogP contribution in [0.5, 0.6) is 0 Å². The van der Waals surface area contributed by atoms with E-state index in [9.17, 15) is 4.79 Å². The van der Waals surface area contributed by atoms with Gasteiger partial charge in [-0.05, 0) is 20.8 Å². The van der Waals surface area contributed by atoms with Crippen molar-refractivity contribution in [2.45, 2.75) is 38.6 Å². The van der Waals surface area contributed by atoms with E-state index in [4.69, 9.17) is 20.4 Å². The van der Waals surface area contributed by atoms with Gasteiger partial charge in [0.1, 0.15) is 0 Å². The molecule has 0 aliphatic heterocycles. The number of hydrogen-bond donors (Lipinski definition) is 4. The summed E-state index contributed by atoms with van der Waals surface area (Å²) in [5.41, 5.74) is -1.64. The quantitative estimate of drug-likeness (QED) is 0.344. The summed E-state index contributed by atoms with van der Waals surface area (Å²) < 4.78 is 8.24. The van der Waals surface area contributed by atoms with Gasteiger partial charge in [0.25, 0.3) is 0 Å². The zero-order chi connectivity index (χ0) is 11.6. The van der Waals surface area contributed by atoms with Crippen LogP contribution in [0.3, 0.4) is 0 Å². The zero-order valence-corrected chi connectivity index (χ0v) is 8.09. The van der Waals surface area contributed by atoms with Gasteiger partial charge in [-0.1, -0.05) is 0 Å². The Kier molecular flexibility index (Phi) is 3.83. The van der Waals surface area contributed by atoms with Crippen LogP contribution >= 0.6 is 0 Å². The number of rotatable bonds is 3. The van der Waals surface area contributed by atoms with Crippen LogP contribution < -0.4 is 0 Å². The molecule has 0 radical (unpaired) electrons. The minimum absolute atomic E-state index is 1.01. The standard InChI is InChI=1S/C7H14O7/c1-6(2,7(3,11)12)14-5(10)13-4(8)9/h4,8-9,11-12H,1-3H3. The Morgan fingerprint density at radius 2 is 1.64 bits per heavy atom. The van der Waals surface area contributed by atoms with Crippen molar-refractivity contribution in [3.63, 3.8) is 0 Å². The molecule has 0 bridgehead atoms. The Bertz CT molecular complexity index is 203. The number of hydrogen-bond acceptors (Lipinski definition) is 7. The van der Waals surface area contributed by atoms with E-state index in [1.54, 1.807) is 0 Å². The molecule has 0 aromatic rings. The van der Waals surface area contributed by atoms with Crippen molar-refractivity contribution in [3.05, 3.63) is 0 Å². The topological polar surface area (TPSA) is 116 Å². The lowest BCUT2D eigenvalue weighted by molar-refractivity contribution is -0.268. The summed E-state index contributed by atoms with van der Waals surface area (Å²) in [6, 6.07) is 0. The Morgan fingerprint density at radius 3 is 1.93 bits per heavy atom. The first-order valence-electron chi connectivity index (χ1n) is 3.77. The molecule has 0 aromatic heterocycles. The van der Waals surface area contributed by atoms with Gasteiger partial charge in [-0.2, -0.15) is 0 Å². The molecule has 0 unspecified atom stereocenters. The van der Waals surface area contributed by atoms with E-state index in [-0.39, 0.29) is 0 Å². The maximum absolute atomic E-state index is 10.7. The van der Waals surface area contributed by atoms with Crippen molar-refractivity contribution in [1.82, 2.24) is 0 Å². The fourth-order valence-corrected chi connectivity index (χ4v) is 0.415. The van der Waals surface area contributed by atoms with Crippen molar-refractivity contribution in [2.24, 2.45) is 0 Å². The molecule has 0 atom stereocenters. The average Bonchev–Trinajstić information content (AvgIpc) is 1.79. The molecule has 0 aliphatic rings. The van der Waals surface area contributed by atoms with E-state index in [0.717, 1.165) is 6.92 Å². The van der Waals surface area contributed by atoms with Gasteiger partial charge >= 0.3 is 12.6 Å². The Hall–Kier alpha value is -0.890. The first-order valence-corrected chi connectivity index (χ1v) is 3.77. The van der Waals surface area contributed by atoms with Gasteiger partial charge in [0.2, 0.25) is 5.79 Å². The molecule has 0 amide bonds. The summed E-state index contributed by atoms with van der Waals surface area (Å²) in [6.45, 7) is 1.15. The Morgan fingerprint density at radius 1 is 1.21 bits per heavy atom. The summed E-state index contributed by atoms with van der Waals surface area (Å²) in [6.07, 6.45) is -1.42. The molecule has 0 saturated carbocycles. The van der Waals surface area contributed by atoms with Gasteiger partial charge in [-0.15, -0.1) is 0 Å². The molecule has 84 valence electrons. The summed E-state index contributed by atoms with van der Waals surface area (Å²) >= 11 is 0. The van der Waals surface area contributed by atoms with Crippen LogP contribution in [-0.4, -0.2) is 44.4 Å². The van der Waals surface area contributed by atoms with E-state index in [0.29, 0.717) is 0 Å². The smallest absolute Gasteiger partial charge is 0.422 e. The first-order chi connectivity index (χ1) is 6.06. The summed E-state index contributed by atoms with van der Waals surface area (Å²) in [7, 11) is 0. The second kappa shape index (κ2) is 4.09. The van der Waals surface area contributed by atoms with Gasteiger partial charge in [-0.25, -0.2) is 4.79 Å². The second-order valence-electron chi connectivity index (χ2n) is 3.33. The van der Waals surface area contributed by atoms with E-state index < -0.39 is 24.0 Å². The highest BCUT2D eigenvalue weighted by molar-refractivity contribution is 5.60. The fraction of sp³-hybridized carbons (Fsp3) is 0.857. The average molecular weight is 210 g/mol. The van der Waals surface area contributed by atoms with E-state index in [2.05, 4.69) is 9.47 Å². The van der Waals surface area contributed by atoms with Crippen LogP contribution in [0.2, 0.25) is 0 Å². The normalized spacial score (nSPS) is 12.9. The molecule has 4 N–H and O–H groups in total. The van der Waals surface area contributed by atoms with Crippen LogP contribution in [0, 0.1) is 0 Å². The Labute approximate surface area is 80.5 Å². The maximum atomic E-state index is 10.7. The summed E-state index contributed by atoms with van der Waals surface area (Å²) in [5.74, 6) is -2.27. The predicted octanol–water partition coefficient (Wildman–Crippen LogP) is -1.11. The second-order valence-corrected chi connectivity index (χ2v) is 3.33. The van der Waals surface area contributed by atoms with E-state index >= 15 is 0 Å². The third kappa shape index (κ3) is 3.88. The van der Waals surface area contributed by atoms with Crippen LogP contribution in [0.1, 0.15) is 20.8 Å². The summed E-state index contributed by atoms with van der Waals surface area (Å²) in [5, 5.41) is 34.7. The highest BCUT2D eigenvalue weighted by Gasteiger charge is 2.42. The van der Waals surface area contributed by atoms with Crippen LogP contribution in [-0.2, 0) is 9.47 Å². The number of carbonyl (C=O) groups excluding carboxylic acids is 1. The van der Waals surface area contributed by atoms with Gasteiger partial charge in [0.05, 0.1) is 0 Å². The molecule has 0 aromatic carbocycles. The maximum Gasteiger partial charge on any atom is 0.513 e. The van der Waals surface area contributed by atoms with Crippen LogP contribution in [0.4, 0.5) is 4.79 Å². The van der Waals surface area contributed by atoms with Gasteiger partial charge in [-0.3, -0.25) is 0 Å². The molecule has 0 spiro atoms. The largest absolute Gasteiger partial charge is 0.513 e. The lowest BCUT2D eigenvalue weighted by atomic mass is 10.00. The third-order valence-electron chi connectivity index (χ3n) is 1.68. The molecule has 0 aliphatic carbocycles. The molecular formula is C7H14O7. The van der Waals surface area contributed by atoms with Crippen molar-refractivity contribution in [2.75, 3.05) is 0 Å². The van der Waals surface area contributed by atoms with Crippen molar-refractivity contribution < 1.29 is 34.7 Å². The zero-order valence-electron chi connectivity index (χ0n) is 8.09. The molecular weight excluding hydrogens is 196 g/mol. The van der Waals surface area contributed by atoms with Crippen molar-refractivity contribution in [1.29, 1.82) is 0 Å². The minimum Gasteiger partial charge on any atom is -0.422 e. The molecule has 0 fully saturated rings. The van der Waals surface area contributed by atoms with Gasteiger partial charge in [0, 0.05) is 0 Å². The lowest BCUT2D eigenvalue weighted by Crippen LogP contribution is -2.50. The molecule has 0 saturated heterocycles. The highest BCUT2D eigenvalue weighted by Crippen LogP contribution is 2.23. The number of carbonyl (C=O) groups is 1. The molecule has 0 heterocycles. The molecule has 14 heavy (non-hydrogen) atoms. The van der Waals surface area contributed by atoms with Gasteiger partial charge in [0.15, 0.2) is 5.60 Å². The van der Waals surface area contributed by atoms with Crippen LogP contribution in [0.25, 0.3) is 0 Å². The van der Waals surface area contributed by atoms with Gasteiger partial charge < -0.3 is 29.9 Å². The van der Waals surface area contributed by atoms with Crippen LogP contribution in [0.15, 0.2) is 0 Å². The number of aliphatic hydroxyl groups excluding tert-OH is 1. The number of ether oxygens (including phenoxy) is 2. The van der Waals surface area contributed by atoms with E-state index in [1.165, 1.54) is 13.8 Å². The monoisotopic (exact) mass is 210 g/mol. The highest BCUT2D eigenvalue weighted by atomic mass is 16.8. The Balaban J connectivity index is 4.30. The number of aliphatic hydroxyl groups is 4.